The first-order valence-electron chi connectivity index (χ1n) is 12.1. The molecule has 0 spiro atoms. The second-order valence-corrected chi connectivity index (χ2v) is 10.8. The topological polar surface area (TPSA) is 158 Å². The minimum Gasteiger partial charge on any atom is -0.435 e. The van der Waals surface area contributed by atoms with Gasteiger partial charge in [0.05, 0.1) is 30.8 Å². The Balaban J connectivity index is 1.51. The third-order valence-corrected chi connectivity index (χ3v) is 7.44. The van der Waals surface area contributed by atoms with Gasteiger partial charge in [-0.15, -0.1) is 0 Å². The highest BCUT2D eigenvalue weighted by Gasteiger charge is 2.34. The average Bonchev–Trinajstić information content (AvgIpc) is 3.36. The number of morpholine rings is 1. The number of oxazole rings is 1. The van der Waals surface area contributed by atoms with E-state index in [1.165, 1.54) is 11.1 Å². The molecule has 1 saturated heterocycles. The maximum absolute atomic E-state index is 13.3. The monoisotopic (exact) mass is 544 g/mol. The first kappa shape index (κ1) is 27.2. The molecule has 1 fully saturated rings. The van der Waals surface area contributed by atoms with Gasteiger partial charge in [-0.2, -0.15) is 4.98 Å². The number of sulfone groups is 1. The number of nitrogens with zero attached hydrogens (tertiary/aromatic N) is 3. The second-order valence-electron chi connectivity index (χ2n) is 8.69. The van der Waals surface area contributed by atoms with Crippen molar-refractivity contribution in [3.63, 3.8) is 0 Å². The van der Waals surface area contributed by atoms with E-state index in [-0.39, 0.29) is 36.8 Å². The molecule has 3 heterocycles. The molecule has 1 N–H and O–H groups in total. The van der Waals surface area contributed by atoms with Gasteiger partial charge in [-0.25, -0.2) is 18.2 Å². The van der Waals surface area contributed by atoms with Gasteiger partial charge < -0.3 is 24.1 Å². The molecule has 38 heavy (non-hydrogen) atoms. The third kappa shape index (κ3) is 6.92. The first-order valence-corrected chi connectivity index (χ1v) is 13.9. The smallest absolute Gasteiger partial charge is 0.410 e. The Hall–Kier alpha value is -3.84. The van der Waals surface area contributed by atoms with Gasteiger partial charge in [-0.1, -0.05) is 37.3 Å². The fourth-order valence-corrected chi connectivity index (χ4v) is 5.36. The quantitative estimate of drug-likeness (QED) is 0.373. The second kappa shape index (κ2) is 12.1. The van der Waals surface area contributed by atoms with Crippen LogP contribution in [0, 0.1) is 0 Å². The number of ketones is 1. The minimum atomic E-state index is -3.89. The summed E-state index contributed by atoms with van der Waals surface area (Å²) in [5.41, 5.74) is 1.07. The highest BCUT2D eigenvalue weighted by atomic mass is 32.2. The van der Waals surface area contributed by atoms with Crippen LogP contribution in [0.5, 0.6) is 0 Å². The number of hydrogen-bond acceptors (Lipinski definition) is 10. The Kier molecular flexibility index (Phi) is 8.69. The Morgan fingerprint density at radius 3 is 2.53 bits per heavy atom. The Bertz CT molecular complexity index is 1350. The molecule has 13 heteroatoms. The molecule has 0 radical (unpaired) electrons. The molecular weight excluding hydrogens is 516 g/mol. The normalized spacial score (nSPS) is 15.6. The number of benzene rings is 1. The lowest BCUT2D eigenvalue weighted by molar-refractivity contribution is -0.129. The summed E-state index contributed by atoms with van der Waals surface area (Å²) < 4.78 is 42.0. The lowest BCUT2D eigenvalue weighted by atomic mass is 10.1. The highest BCUT2D eigenvalue weighted by Crippen LogP contribution is 2.16. The van der Waals surface area contributed by atoms with Crippen LogP contribution in [0.1, 0.15) is 29.6 Å². The van der Waals surface area contributed by atoms with Crippen LogP contribution in [-0.4, -0.2) is 85.3 Å². The number of ether oxygens (including phenoxy) is 2. The van der Waals surface area contributed by atoms with Crippen LogP contribution in [0.3, 0.4) is 0 Å². The van der Waals surface area contributed by atoms with Gasteiger partial charge in [0, 0.05) is 19.3 Å². The number of amides is 2. The maximum Gasteiger partial charge on any atom is 0.410 e. The van der Waals surface area contributed by atoms with Crippen LogP contribution >= 0.6 is 0 Å². The number of rotatable bonds is 10. The molecule has 0 bridgehead atoms. The van der Waals surface area contributed by atoms with E-state index < -0.39 is 45.5 Å². The van der Waals surface area contributed by atoms with Gasteiger partial charge in [0.15, 0.2) is 27.2 Å². The van der Waals surface area contributed by atoms with E-state index in [9.17, 15) is 22.8 Å². The molecule has 4 rings (SSSR count). The Labute approximate surface area is 219 Å². The summed E-state index contributed by atoms with van der Waals surface area (Å²) in [5.74, 6) is -2.90. The lowest BCUT2D eigenvalue weighted by Crippen LogP contribution is -2.51. The molecule has 0 unspecified atom stereocenters. The fourth-order valence-electron chi connectivity index (χ4n) is 3.86. The van der Waals surface area contributed by atoms with Crippen molar-refractivity contribution < 1.29 is 36.7 Å². The molecule has 2 aromatic heterocycles. The third-order valence-electron chi connectivity index (χ3n) is 5.86. The summed E-state index contributed by atoms with van der Waals surface area (Å²) in [6, 6.07) is 10.6. The molecule has 1 aliphatic heterocycles. The van der Waals surface area contributed by atoms with Crippen molar-refractivity contribution in [2.45, 2.75) is 31.2 Å². The summed E-state index contributed by atoms with van der Waals surface area (Å²) in [6.45, 7) is 2.73. The maximum atomic E-state index is 13.3. The van der Waals surface area contributed by atoms with Gasteiger partial charge in [0.1, 0.15) is 0 Å². The lowest BCUT2D eigenvalue weighted by Gasteiger charge is -2.28. The fraction of sp³-hybridized carbons (Fsp3) is 0.400. The number of aromatic nitrogens is 2. The predicted molar refractivity (Wildman–Crippen MR) is 135 cm³/mol. The van der Waals surface area contributed by atoms with Gasteiger partial charge in [0.2, 0.25) is 5.78 Å². The van der Waals surface area contributed by atoms with Crippen LogP contribution < -0.4 is 5.32 Å². The molecule has 12 nitrogen and oxygen atoms in total. The highest BCUT2D eigenvalue weighted by molar-refractivity contribution is 7.90. The summed E-state index contributed by atoms with van der Waals surface area (Å²) in [6.07, 6.45) is -0.877. The van der Waals surface area contributed by atoms with E-state index in [1.807, 2.05) is 0 Å². The van der Waals surface area contributed by atoms with E-state index in [0.717, 1.165) is 0 Å². The molecule has 202 valence electrons. The summed E-state index contributed by atoms with van der Waals surface area (Å²) in [7, 11) is -3.89. The summed E-state index contributed by atoms with van der Waals surface area (Å²) in [4.78, 5) is 48.5. The molecule has 2 amide bonds. The largest absolute Gasteiger partial charge is 0.435 e. The van der Waals surface area contributed by atoms with Crippen LogP contribution in [0.4, 0.5) is 4.79 Å². The molecule has 1 aliphatic rings. The van der Waals surface area contributed by atoms with Crippen molar-refractivity contribution >= 4 is 38.9 Å². The summed E-state index contributed by atoms with van der Waals surface area (Å²) >= 11 is 0. The van der Waals surface area contributed by atoms with Gasteiger partial charge in [0.25, 0.3) is 11.8 Å². The van der Waals surface area contributed by atoms with Crippen molar-refractivity contribution in [3.05, 3.63) is 60.1 Å². The van der Waals surface area contributed by atoms with Crippen LogP contribution in [0.25, 0.3) is 11.2 Å². The Morgan fingerprint density at radius 1 is 1.11 bits per heavy atom. The van der Waals surface area contributed by atoms with Gasteiger partial charge in [-0.05, 0) is 24.1 Å². The SMILES string of the molecule is CC[C@@H](NC(=O)[C@@H](CS(=O)(=O)Cc1ccccc1)OC(=O)N1CCOCC1)C(=O)c1nc2ncccc2o1. The number of pyridine rings is 1. The molecule has 0 saturated carbocycles. The molecule has 1 aromatic carbocycles. The molecular formula is C25H28N4O8S. The summed E-state index contributed by atoms with van der Waals surface area (Å²) in [5, 5.41) is 2.51. The number of carbonyl (C=O) groups is 3. The van der Waals surface area contributed by atoms with Gasteiger partial charge in [-0.3, -0.25) is 9.59 Å². The van der Waals surface area contributed by atoms with Crippen LogP contribution in [-0.2, 0) is 29.9 Å². The van der Waals surface area contributed by atoms with Crippen molar-refractivity contribution in [1.29, 1.82) is 0 Å². The zero-order valence-corrected chi connectivity index (χ0v) is 21.6. The number of hydrogen-bond donors (Lipinski definition) is 1. The standard InChI is InChI=1S/C25H28N4O8S/c1-2-18(21(30)24-28-22-19(36-24)9-6-10-26-22)27-23(31)20(37-25(32)29-11-13-35-14-12-29)16-38(33,34)15-17-7-4-3-5-8-17/h3-10,18,20H,2,11-16H2,1H3,(H,27,31)/t18-,20-/m1/s1. The number of fused-ring (bicyclic) bond motifs is 1. The van der Waals surface area contributed by atoms with E-state index in [0.29, 0.717) is 24.4 Å². The minimum absolute atomic E-state index is 0.150. The number of carbonyl (C=O) groups excluding carboxylic acids is 3. The predicted octanol–water partition coefficient (Wildman–Crippen LogP) is 1.75. The van der Waals surface area contributed by atoms with E-state index >= 15 is 0 Å². The van der Waals surface area contributed by atoms with E-state index in [2.05, 4.69) is 15.3 Å². The van der Waals surface area contributed by atoms with Crippen LogP contribution in [0.2, 0.25) is 0 Å². The van der Waals surface area contributed by atoms with E-state index in [4.69, 9.17) is 13.9 Å². The average molecular weight is 545 g/mol. The van der Waals surface area contributed by atoms with E-state index in [1.54, 1.807) is 49.4 Å². The van der Waals surface area contributed by atoms with Crippen LogP contribution in [0.15, 0.2) is 53.1 Å². The Morgan fingerprint density at radius 2 is 1.84 bits per heavy atom. The van der Waals surface area contributed by atoms with Crippen molar-refractivity contribution in [3.8, 4) is 0 Å². The number of Topliss-reactive ketones (excluding diaryl/α,β-unsaturated/α-hetero) is 1. The molecule has 3 aromatic rings. The van der Waals surface area contributed by atoms with Crippen molar-refractivity contribution in [2.24, 2.45) is 0 Å². The zero-order chi connectivity index (χ0) is 27.1. The number of nitrogens with one attached hydrogen (secondary N) is 1. The van der Waals surface area contributed by atoms with Gasteiger partial charge >= 0.3 is 6.09 Å². The molecule has 2 atom stereocenters. The first-order chi connectivity index (χ1) is 18.3. The zero-order valence-electron chi connectivity index (χ0n) is 20.7. The van der Waals surface area contributed by atoms with Crippen molar-refractivity contribution in [1.82, 2.24) is 20.2 Å². The molecule has 0 aliphatic carbocycles. The van der Waals surface area contributed by atoms with Crippen molar-refractivity contribution in [2.75, 3.05) is 32.1 Å².